The van der Waals surface area contributed by atoms with E-state index in [2.05, 4.69) is 20.9 Å². The summed E-state index contributed by atoms with van der Waals surface area (Å²) in [5, 5.41) is 9.68. The van der Waals surface area contributed by atoms with E-state index in [1.807, 2.05) is 30.3 Å². The average molecular weight is 607 g/mol. The number of halogens is 2. The number of rotatable bonds is 9. The largest absolute Gasteiger partial charge is 0.481 e. The second-order valence-corrected chi connectivity index (χ2v) is 10.6. The lowest BCUT2D eigenvalue weighted by atomic mass is 10.00. The van der Waals surface area contributed by atoms with Gasteiger partial charge in [0.05, 0.1) is 34.9 Å². The fourth-order valence-corrected chi connectivity index (χ4v) is 5.37. The van der Waals surface area contributed by atoms with Gasteiger partial charge in [0, 0.05) is 61.1 Å². The Bertz CT molecular complexity index is 1720. The second kappa shape index (κ2) is 12.7. The third-order valence-corrected chi connectivity index (χ3v) is 7.79. The van der Waals surface area contributed by atoms with Crippen molar-refractivity contribution in [2.75, 3.05) is 19.0 Å². The van der Waals surface area contributed by atoms with E-state index in [1.165, 1.54) is 24.1 Å². The highest BCUT2D eigenvalue weighted by Crippen LogP contribution is 2.41. The van der Waals surface area contributed by atoms with Crippen LogP contribution in [-0.4, -0.2) is 46.0 Å². The van der Waals surface area contributed by atoms with Crippen LogP contribution in [0.5, 0.6) is 5.88 Å². The number of hydrogen-bond acceptors (Lipinski definition) is 7. The van der Waals surface area contributed by atoms with Crippen molar-refractivity contribution >= 4 is 40.7 Å². The molecular formula is C30H28Cl2N6O4. The highest BCUT2D eigenvalue weighted by atomic mass is 35.5. The molecule has 216 valence electrons. The van der Waals surface area contributed by atoms with E-state index >= 15 is 0 Å². The summed E-state index contributed by atoms with van der Waals surface area (Å²) in [7, 11) is 3.08. The number of methoxy groups -OCH3 is 1. The van der Waals surface area contributed by atoms with Crippen LogP contribution in [0.2, 0.25) is 10.0 Å². The summed E-state index contributed by atoms with van der Waals surface area (Å²) in [6, 6.07) is 14.6. The van der Waals surface area contributed by atoms with Crippen LogP contribution in [0.25, 0.3) is 22.4 Å². The molecule has 1 saturated heterocycles. The molecule has 5 rings (SSSR count). The average Bonchev–Trinajstić information content (AvgIpc) is 3.40. The van der Waals surface area contributed by atoms with Crippen molar-refractivity contribution in [2.24, 2.45) is 7.05 Å². The summed E-state index contributed by atoms with van der Waals surface area (Å²) >= 11 is 13.7. The zero-order valence-electron chi connectivity index (χ0n) is 22.9. The number of amides is 2. The fourth-order valence-electron chi connectivity index (χ4n) is 4.77. The van der Waals surface area contributed by atoms with Gasteiger partial charge in [-0.2, -0.15) is 0 Å². The molecule has 1 aliphatic rings. The molecule has 0 spiro atoms. The van der Waals surface area contributed by atoms with E-state index in [0.717, 1.165) is 12.0 Å². The van der Waals surface area contributed by atoms with Crippen molar-refractivity contribution in [3.8, 4) is 28.3 Å². The number of ether oxygens (including phenoxy) is 1. The maximum Gasteiger partial charge on any atom is 0.265 e. The number of benzene rings is 2. The highest BCUT2D eigenvalue weighted by molar-refractivity contribution is 6.39. The predicted octanol–water partition coefficient (Wildman–Crippen LogP) is 4.45. The number of carbonyl (C=O) groups is 2. The lowest BCUT2D eigenvalue weighted by Crippen LogP contribution is -2.35. The smallest absolute Gasteiger partial charge is 0.265 e. The summed E-state index contributed by atoms with van der Waals surface area (Å²) in [4.78, 5) is 45.2. The Kier molecular flexibility index (Phi) is 8.86. The molecule has 3 heterocycles. The number of anilines is 1. The Morgan fingerprint density at radius 2 is 1.81 bits per heavy atom. The molecular weight excluding hydrogens is 579 g/mol. The number of pyridine rings is 1. The van der Waals surface area contributed by atoms with E-state index in [0.29, 0.717) is 58.5 Å². The number of hydrogen-bond donors (Lipinski definition) is 3. The number of aryl methyl sites for hydroxylation is 1. The Morgan fingerprint density at radius 3 is 2.55 bits per heavy atom. The molecule has 4 aromatic rings. The fraction of sp³-hybridized carbons (Fsp3) is 0.233. The Morgan fingerprint density at radius 1 is 1.07 bits per heavy atom. The van der Waals surface area contributed by atoms with Crippen molar-refractivity contribution in [3.63, 3.8) is 0 Å². The maximum absolute atomic E-state index is 12.8. The molecule has 3 N–H and O–H groups in total. The van der Waals surface area contributed by atoms with Gasteiger partial charge in [0.2, 0.25) is 11.8 Å². The number of carbonyl (C=O) groups excluding carboxylic acids is 2. The van der Waals surface area contributed by atoms with Gasteiger partial charge in [-0.05, 0) is 18.6 Å². The minimum Gasteiger partial charge on any atom is -0.481 e. The molecule has 10 nitrogen and oxygen atoms in total. The summed E-state index contributed by atoms with van der Waals surface area (Å²) < 4.78 is 6.80. The topological polar surface area (TPSA) is 127 Å². The van der Waals surface area contributed by atoms with E-state index in [4.69, 9.17) is 32.9 Å². The second-order valence-electron chi connectivity index (χ2n) is 9.81. The van der Waals surface area contributed by atoms with Gasteiger partial charge < -0.3 is 25.3 Å². The highest BCUT2D eigenvalue weighted by Gasteiger charge is 2.21. The minimum atomic E-state index is -0.624. The number of nitrogens with one attached hydrogen (secondary N) is 3. The summed E-state index contributed by atoms with van der Waals surface area (Å²) in [5.74, 6) is -0.0817. The number of nitrogens with zero attached hydrogens (tertiary/aromatic N) is 3. The molecule has 12 heteroatoms. The first-order valence-corrected chi connectivity index (χ1v) is 14.0. The zero-order valence-corrected chi connectivity index (χ0v) is 24.4. The van der Waals surface area contributed by atoms with Gasteiger partial charge in [-0.15, -0.1) is 0 Å². The third kappa shape index (κ3) is 6.15. The lowest BCUT2D eigenvalue weighted by molar-refractivity contribution is -0.119. The van der Waals surface area contributed by atoms with Crippen LogP contribution in [0, 0.1) is 0 Å². The SMILES string of the molecule is COc1nc(-c2cccc(-c3cccc(NC(=O)c4cncn(C)c4=O)c3Cl)c2Cl)ccc1CNCC1CCC(=O)N1. The van der Waals surface area contributed by atoms with Crippen LogP contribution in [0.3, 0.4) is 0 Å². The normalized spacial score (nSPS) is 14.5. The van der Waals surface area contributed by atoms with Crippen LogP contribution in [0.1, 0.15) is 28.8 Å². The molecule has 1 atom stereocenters. The van der Waals surface area contributed by atoms with Crippen molar-refractivity contribution in [1.29, 1.82) is 0 Å². The van der Waals surface area contributed by atoms with Gasteiger partial charge in [-0.1, -0.05) is 59.6 Å². The minimum absolute atomic E-state index is 0.0825. The monoisotopic (exact) mass is 606 g/mol. The summed E-state index contributed by atoms with van der Waals surface area (Å²) in [6.45, 7) is 1.18. The zero-order chi connectivity index (χ0) is 29.8. The van der Waals surface area contributed by atoms with Crippen LogP contribution in [-0.2, 0) is 18.4 Å². The van der Waals surface area contributed by atoms with E-state index in [1.54, 1.807) is 25.3 Å². The van der Waals surface area contributed by atoms with Crippen LogP contribution in [0.15, 0.2) is 65.8 Å². The lowest BCUT2D eigenvalue weighted by Gasteiger charge is -2.16. The van der Waals surface area contributed by atoms with E-state index < -0.39 is 11.5 Å². The predicted molar refractivity (Wildman–Crippen MR) is 162 cm³/mol. The van der Waals surface area contributed by atoms with E-state index in [9.17, 15) is 14.4 Å². The van der Waals surface area contributed by atoms with Crippen molar-refractivity contribution in [1.82, 2.24) is 25.2 Å². The van der Waals surface area contributed by atoms with Gasteiger partial charge in [0.1, 0.15) is 5.56 Å². The first-order chi connectivity index (χ1) is 20.3. The Balaban J connectivity index is 1.38. The van der Waals surface area contributed by atoms with Gasteiger partial charge in [0.25, 0.3) is 11.5 Å². The van der Waals surface area contributed by atoms with Crippen molar-refractivity contribution in [2.45, 2.75) is 25.4 Å². The van der Waals surface area contributed by atoms with Gasteiger partial charge in [0.15, 0.2) is 0 Å². The molecule has 2 amide bonds. The van der Waals surface area contributed by atoms with E-state index in [-0.39, 0.29) is 22.5 Å². The van der Waals surface area contributed by atoms with Gasteiger partial charge in [-0.3, -0.25) is 14.4 Å². The molecule has 0 saturated carbocycles. The molecule has 2 aromatic carbocycles. The Hall–Kier alpha value is -4.25. The quantitative estimate of drug-likeness (QED) is 0.257. The third-order valence-electron chi connectivity index (χ3n) is 6.97. The summed E-state index contributed by atoms with van der Waals surface area (Å²) in [5.41, 5.74) is 3.12. The van der Waals surface area contributed by atoms with Gasteiger partial charge in [-0.25, -0.2) is 9.97 Å². The first-order valence-electron chi connectivity index (χ1n) is 13.2. The standard InChI is InChI=1S/C30H28Cl2N6O4/c1-38-16-34-15-22(30(38)41)28(40)36-24-8-4-6-20(27(24)32)19-5-3-7-21(26(19)31)23-11-9-17(29(37-23)42-2)13-33-14-18-10-12-25(39)35-18/h3-9,11,15-16,18,33H,10,12-14H2,1-2H3,(H,35,39)(H,36,40). The molecule has 1 fully saturated rings. The van der Waals surface area contributed by atoms with Gasteiger partial charge >= 0.3 is 0 Å². The van der Waals surface area contributed by atoms with Crippen LogP contribution in [0.4, 0.5) is 5.69 Å². The molecule has 1 aliphatic heterocycles. The maximum atomic E-state index is 12.8. The molecule has 1 unspecified atom stereocenters. The molecule has 2 aromatic heterocycles. The molecule has 0 radical (unpaired) electrons. The van der Waals surface area contributed by atoms with Crippen molar-refractivity contribution < 1.29 is 14.3 Å². The van der Waals surface area contributed by atoms with Crippen LogP contribution >= 0.6 is 23.2 Å². The molecule has 0 aliphatic carbocycles. The van der Waals surface area contributed by atoms with Crippen LogP contribution < -0.4 is 26.2 Å². The Labute approximate surface area is 252 Å². The summed E-state index contributed by atoms with van der Waals surface area (Å²) in [6.07, 6.45) is 3.92. The van der Waals surface area contributed by atoms with Crippen molar-refractivity contribution in [3.05, 3.63) is 92.6 Å². The molecule has 0 bridgehead atoms. The number of aromatic nitrogens is 3. The first kappa shape index (κ1) is 29.2. The molecule has 42 heavy (non-hydrogen) atoms.